The van der Waals surface area contributed by atoms with Crippen LogP contribution in [-0.4, -0.2) is 28.3 Å². The number of carbonyl (C=O) groups is 1. The molecular weight excluding hydrogens is 514 g/mol. The van der Waals surface area contributed by atoms with Crippen LogP contribution in [0.3, 0.4) is 0 Å². The third-order valence-corrected chi connectivity index (χ3v) is 6.62. The highest BCUT2D eigenvalue weighted by Crippen LogP contribution is 2.50. The number of benzene rings is 2. The minimum Gasteiger partial charge on any atom is -0.496 e. The second-order valence-electron chi connectivity index (χ2n) is 6.66. The highest BCUT2D eigenvalue weighted by molar-refractivity contribution is 8.22. The average Bonchev–Trinajstić information content (AvgIpc) is 3.15. The molecule has 0 aliphatic carbocycles. The summed E-state index contributed by atoms with van der Waals surface area (Å²) in [6.07, 6.45) is 2.36. The number of methoxy groups -OCH3 is 1. The summed E-state index contributed by atoms with van der Waals surface area (Å²) >= 11 is 14.3. The van der Waals surface area contributed by atoms with Gasteiger partial charge in [-0.25, -0.2) is 9.79 Å². The van der Waals surface area contributed by atoms with Crippen LogP contribution in [-0.2, 0) is 4.79 Å². The lowest BCUT2D eigenvalue weighted by molar-refractivity contribution is -0.133. The van der Waals surface area contributed by atoms with Gasteiger partial charge in [0, 0.05) is 22.2 Å². The maximum absolute atomic E-state index is 12.3. The van der Waals surface area contributed by atoms with Gasteiger partial charge in [0.1, 0.15) is 5.75 Å². The van der Waals surface area contributed by atoms with Crippen LogP contribution in [0.15, 0.2) is 64.9 Å². The summed E-state index contributed by atoms with van der Waals surface area (Å²) in [5, 5.41) is 11.8. The Morgan fingerprint density at radius 2 is 1.81 bits per heavy atom. The average molecular weight is 534 g/mol. The first kappa shape index (κ1) is 26.4. The van der Waals surface area contributed by atoms with Crippen LogP contribution in [0.25, 0.3) is 4.91 Å². The predicted octanol–water partition coefficient (Wildman–Crippen LogP) is 7.05. The Bertz CT molecular complexity index is 1110. The molecule has 0 spiro atoms. The number of ether oxygens (including phenoxy) is 1. The van der Waals surface area contributed by atoms with E-state index in [1.807, 2.05) is 42.3 Å². The van der Waals surface area contributed by atoms with Crippen LogP contribution in [0.4, 0.5) is 0 Å². The van der Waals surface area contributed by atoms with Crippen LogP contribution < -0.4 is 4.74 Å². The Morgan fingerprint density at radius 1 is 1.16 bits per heavy atom. The Kier molecular flexibility index (Phi) is 8.97. The SMILES string of the molecule is CCC1=C(C(=O)O)C(c2ccccc2OC)N2C=C(c3c(Cl)cccc3Cl)SC2=N1.Cl.Cl. The van der Waals surface area contributed by atoms with Crippen LogP contribution in [0.2, 0.25) is 10.0 Å². The lowest BCUT2D eigenvalue weighted by Gasteiger charge is -2.33. The number of aliphatic imine (C=N–C) groups is 1. The van der Waals surface area contributed by atoms with E-state index in [0.717, 1.165) is 10.5 Å². The summed E-state index contributed by atoms with van der Waals surface area (Å²) in [5.41, 5.74) is 2.22. The van der Waals surface area contributed by atoms with Crippen molar-refractivity contribution < 1.29 is 14.6 Å². The molecule has 1 N–H and O–H groups in total. The van der Waals surface area contributed by atoms with Crippen molar-refractivity contribution in [1.29, 1.82) is 0 Å². The molecule has 2 aliphatic rings. The van der Waals surface area contributed by atoms with Crippen molar-refractivity contribution in [1.82, 2.24) is 4.90 Å². The molecule has 2 aromatic rings. The molecule has 0 aromatic heterocycles. The first-order chi connectivity index (χ1) is 14.5. The highest BCUT2D eigenvalue weighted by atomic mass is 35.5. The third kappa shape index (κ3) is 4.61. The van der Waals surface area contributed by atoms with Gasteiger partial charge in [0.2, 0.25) is 0 Å². The Hall–Kier alpha value is -1.83. The van der Waals surface area contributed by atoms with Crippen molar-refractivity contribution >= 4 is 75.8 Å². The van der Waals surface area contributed by atoms with Gasteiger partial charge in [0.15, 0.2) is 5.17 Å². The van der Waals surface area contributed by atoms with E-state index in [4.69, 9.17) is 27.9 Å². The van der Waals surface area contributed by atoms with E-state index >= 15 is 0 Å². The number of allylic oxidation sites excluding steroid dienone is 1. The molecule has 2 aromatic carbocycles. The number of nitrogens with zero attached hydrogens (tertiary/aromatic N) is 2. The Morgan fingerprint density at radius 3 is 2.41 bits per heavy atom. The van der Waals surface area contributed by atoms with Gasteiger partial charge in [-0.1, -0.05) is 54.4 Å². The van der Waals surface area contributed by atoms with Crippen molar-refractivity contribution in [3.63, 3.8) is 0 Å². The number of fused-ring (bicyclic) bond motifs is 1. The van der Waals surface area contributed by atoms with E-state index in [-0.39, 0.29) is 30.4 Å². The topological polar surface area (TPSA) is 62.1 Å². The van der Waals surface area contributed by atoms with Crippen molar-refractivity contribution in [2.75, 3.05) is 7.11 Å². The molecule has 0 radical (unpaired) electrons. The zero-order valence-corrected chi connectivity index (χ0v) is 21.0. The smallest absolute Gasteiger partial charge is 0.335 e. The van der Waals surface area contributed by atoms with Crippen LogP contribution in [0.5, 0.6) is 5.75 Å². The van der Waals surface area contributed by atoms with E-state index in [0.29, 0.717) is 38.6 Å². The number of thioether (sulfide) groups is 1. The number of aliphatic carboxylic acids is 1. The number of halogens is 4. The molecule has 5 nitrogen and oxygen atoms in total. The lowest BCUT2D eigenvalue weighted by atomic mass is 9.93. The molecule has 0 amide bonds. The van der Waals surface area contributed by atoms with Crippen LogP contribution >= 0.6 is 59.8 Å². The van der Waals surface area contributed by atoms with Crippen molar-refractivity contribution in [2.45, 2.75) is 19.4 Å². The van der Waals surface area contributed by atoms with Gasteiger partial charge < -0.3 is 14.7 Å². The third-order valence-electron chi connectivity index (χ3n) is 4.98. The van der Waals surface area contributed by atoms with Gasteiger partial charge in [-0.2, -0.15) is 0 Å². The minimum atomic E-state index is -1.01. The molecular formula is C22H20Cl4N2O3S. The van der Waals surface area contributed by atoms with Gasteiger partial charge in [-0.3, -0.25) is 0 Å². The quantitative estimate of drug-likeness (QED) is 0.446. The zero-order chi connectivity index (χ0) is 21.4. The molecule has 0 saturated heterocycles. The van der Waals surface area contributed by atoms with Crippen LogP contribution in [0, 0.1) is 0 Å². The van der Waals surface area contributed by atoms with Gasteiger partial charge in [0.05, 0.1) is 34.5 Å². The first-order valence-corrected chi connectivity index (χ1v) is 10.8. The van der Waals surface area contributed by atoms with Crippen molar-refractivity contribution in [3.05, 3.63) is 81.1 Å². The number of amidine groups is 1. The van der Waals surface area contributed by atoms with Crippen LogP contribution in [0.1, 0.15) is 30.5 Å². The lowest BCUT2D eigenvalue weighted by Crippen LogP contribution is -2.34. The molecule has 4 rings (SSSR count). The zero-order valence-electron chi connectivity index (χ0n) is 17.0. The summed E-state index contributed by atoms with van der Waals surface area (Å²) in [4.78, 5) is 19.6. The number of hydrogen-bond donors (Lipinski definition) is 1. The second kappa shape index (κ2) is 10.9. The largest absolute Gasteiger partial charge is 0.496 e. The summed E-state index contributed by atoms with van der Waals surface area (Å²) < 4.78 is 5.54. The fourth-order valence-electron chi connectivity index (χ4n) is 3.65. The van der Waals surface area contributed by atoms with E-state index in [2.05, 4.69) is 4.99 Å². The molecule has 2 aliphatic heterocycles. The van der Waals surface area contributed by atoms with Crippen molar-refractivity contribution in [3.8, 4) is 5.75 Å². The molecule has 0 saturated carbocycles. The monoisotopic (exact) mass is 532 g/mol. The number of rotatable bonds is 5. The second-order valence-corrected chi connectivity index (χ2v) is 8.48. The van der Waals surface area contributed by atoms with E-state index in [1.54, 1.807) is 25.3 Å². The van der Waals surface area contributed by atoms with E-state index < -0.39 is 12.0 Å². The Balaban J connectivity index is 0.00000181. The van der Waals surface area contributed by atoms with Gasteiger partial charge in [0.25, 0.3) is 0 Å². The number of para-hydroxylation sites is 1. The molecule has 32 heavy (non-hydrogen) atoms. The summed E-state index contributed by atoms with van der Waals surface area (Å²) in [7, 11) is 1.57. The molecule has 1 atom stereocenters. The summed E-state index contributed by atoms with van der Waals surface area (Å²) in [5.74, 6) is -0.395. The summed E-state index contributed by atoms with van der Waals surface area (Å²) in [6.45, 7) is 1.90. The fraction of sp³-hybridized carbons (Fsp3) is 0.182. The maximum Gasteiger partial charge on any atom is 0.335 e. The van der Waals surface area contributed by atoms with Crippen molar-refractivity contribution in [2.24, 2.45) is 4.99 Å². The maximum atomic E-state index is 12.3. The molecule has 170 valence electrons. The fourth-order valence-corrected chi connectivity index (χ4v) is 5.47. The van der Waals surface area contributed by atoms with Gasteiger partial charge in [-0.15, -0.1) is 24.8 Å². The number of carboxylic acids is 1. The highest BCUT2D eigenvalue weighted by Gasteiger charge is 2.41. The normalized spacial score (nSPS) is 17.0. The van der Waals surface area contributed by atoms with Gasteiger partial charge in [-0.05, 0) is 36.4 Å². The summed E-state index contributed by atoms with van der Waals surface area (Å²) in [6, 6.07) is 12.2. The van der Waals surface area contributed by atoms with E-state index in [1.165, 1.54) is 11.8 Å². The number of hydrogen-bond acceptors (Lipinski definition) is 5. The van der Waals surface area contributed by atoms with E-state index in [9.17, 15) is 9.90 Å². The first-order valence-electron chi connectivity index (χ1n) is 9.26. The number of carboxylic acid groups (broad SMARTS) is 1. The van der Waals surface area contributed by atoms with Gasteiger partial charge >= 0.3 is 5.97 Å². The molecule has 2 heterocycles. The molecule has 10 heteroatoms. The molecule has 1 unspecified atom stereocenters. The molecule has 0 fully saturated rings. The predicted molar refractivity (Wildman–Crippen MR) is 136 cm³/mol. The molecule has 0 bridgehead atoms. The Labute approximate surface area is 213 Å². The minimum absolute atomic E-state index is 0. The standard InChI is InChI=1S/C22H18Cl2N2O3S.2ClH/c1-3-15-19(21(27)28)20(12-7-4-5-10-16(12)29-2)26-11-17(30-22(26)25-15)18-13(23)8-6-9-14(18)24;;/h4-11,20H,3H2,1-2H3,(H,27,28);2*1H.